The molecule has 0 spiro atoms. The van der Waals surface area contributed by atoms with Crippen molar-refractivity contribution in [2.75, 3.05) is 32.8 Å². The Balaban J connectivity index is 2.02. The summed E-state index contributed by atoms with van der Waals surface area (Å²) >= 11 is 0. The van der Waals surface area contributed by atoms with Crippen molar-refractivity contribution in [2.45, 2.75) is 31.0 Å². The van der Waals surface area contributed by atoms with E-state index in [1.807, 2.05) is 13.8 Å². The second-order valence-electron chi connectivity index (χ2n) is 7.06. The zero-order chi connectivity index (χ0) is 22.3. The number of esters is 1. The van der Waals surface area contributed by atoms with E-state index in [-0.39, 0.29) is 41.7 Å². The lowest BCUT2D eigenvalue weighted by atomic mass is 10.2. The van der Waals surface area contributed by atoms with Gasteiger partial charge in [0.1, 0.15) is 0 Å². The lowest BCUT2D eigenvalue weighted by molar-refractivity contribution is -0.133. The Labute approximate surface area is 177 Å². The average molecular weight is 437 g/mol. The zero-order valence-electron chi connectivity index (χ0n) is 17.3. The molecule has 1 aromatic rings. The molecule has 1 aliphatic rings. The van der Waals surface area contributed by atoms with Crippen LogP contribution in [-0.2, 0) is 24.3 Å². The molecule has 1 saturated heterocycles. The molecule has 2 unspecified atom stereocenters. The van der Waals surface area contributed by atoms with Crippen molar-refractivity contribution in [3.63, 3.8) is 0 Å². The molecule has 0 saturated carbocycles. The zero-order valence-corrected chi connectivity index (χ0v) is 18.1. The second kappa shape index (κ2) is 10.5. The summed E-state index contributed by atoms with van der Waals surface area (Å²) in [6, 6.07) is 5.47. The summed E-state index contributed by atoms with van der Waals surface area (Å²) < 4.78 is 37.7. The SMILES string of the molecule is C=CCN(CC=C)C(=O)COC(=O)c1ccc(S(=O)(=O)N2CC(C)OC(C)C2)cc1. The van der Waals surface area contributed by atoms with E-state index in [1.54, 1.807) is 12.2 Å². The van der Waals surface area contributed by atoms with Crippen molar-refractivity contribution >= 4 is 21.9 Å². The molecule has 2 atom stereocenters. The minimum absolute atomic E-state index is 0.0829. The Bertz CT molecular complexity index is 861. The molecule has 1 aromatic carbocycles. The molecule has 1 aliphatic heterocycles. The third kappa shape index (κ3) is 6.01. The van der Waals surface area contributed by atoms with Crippen LogP contribution in [0.5, 0.6) is 0 Å². The first kappa shape index (κ1) is 23.8. The molecule has 164 valence electrons. The van der Waals surface area contributed by atoms with Crippen molar-refractivity contribution in [1.29, 1.82) is 0 Å². The molecule has 1 heterocycles. The molecule has 30 heavy (non-hydrogen) atoms. The largest absolute Gasteiger partial charge is 0.452 e. The maximum Gasteiger partial charge on any atom is 0.338 e. The fraction of sp³-hybridized carbons (Fsp3) is 0.429. The highest BCUT2D eigenvalue weighted by atomic mass is 32.2. The predicted octanol–water partition coefficient (Wildman–Crippen LogP) is 1.84. The van der Waals surface area contributed by atoms with E-state index in [0.717, 1.165) is 0 Å². The first-order chi connectivity index (χ1) is 14.2. The van der Waals surface area contributed by atoms with Gasteiger partial charge in [-0.1, -0.05) is 12.2 Å². The normalized spacial score (nSPS) is 19.7. The van der Waals surface area contributed by atoms with Gasteiger partial charge in [-0.25, -0.2) is 13.2 Å². The molecule has 8 nitrogen and oxygen atoms in total. The predicted molar refractivity (Wildman–Crippen MR) is 112 cm³/mol. The van der Waals surface area contributed by atoms with Gasteiger partial charge in [-0.05, 0) is 38.1 Å². The Hall–Kier alpha value is -2.49. The molecule has 0 bridgehead atoms. The topological polar surface area (TPSA) is 93.2 Å². The molecule has 0 N–H and O–H groups in total. The van der Waals surface area contributed by atoms with Crippen LogP contribution in [-0.4, -0.2) is 74.5 Å². The highest BCUT2D eigenvalue weighted by Crippen LogP contribution is 2.21. The third-order valence-corrected chi connectivity index (χ3v) is 6.34. The van der Waals surface area contributed by atoms with E-state index in [4.69, 9.17) is 9.47 Å². The van der Waals surface area contributed by atoms with Gasteiger partial charge in [-0.3, -0.25) is 4.79 Å². The van der Waals surface area contributed by atoms with E-state index in [9.17, 15) is 18.0 Å². The monoisotopic (exact) mass is 436 g/mol. The Morgan fingerprint density at radius 3 is 2.17 bits per heavy atom. The quantitative estimate of drug-likeness (QED) is 0.433. The number of carbonyl (C=O) groups is 2. The Morgan fingerprint density at radius 1 is 1.13 bits per heavy atom. The van der Waals surface area contributed by atoms with Gasteiger partial charge in [0.25, 0.3) is 5.91 Å². The fourth-order valence-corrected chi connectivity index (χ4v) is 4.72. The third-order valence-electron chi connectivity index (χ3n) is 4.49. The van der Waals surface area contributed by atoms with Crippen molar-refractivity contribution < 1.29 is 27.5 Å². The number of hydrogen-bond acceptors (Lipinski definition) is 6. The highest BCUT2D eigenvalue weighted by molar-refractivity contribution is 7.89. The van der Waals surface area contributed by atoms with Crippen molar-refractivity contribution in [2.24, 2.45) is 0 Å². The smallest absolute Gasteiger partial charge is 0.338 e. The van der Waals surface area contributed by atoms with Crippen LogP contribution in [0.2, 0.25) is 0 Å². The van der Waals surface area contributed by atoms with Crippen LogP contribution < -0.4 is 0 Å². The number of hydrogen-bond donors (Lipinski definition) is 0. The number of benzene rings is 1. The van der Waals surface area contributed by atoms with E-state index < -0.39 is 22.6 Å². The van der Waals surface area contributed by atoms with E-state index in [0.29, 0.717) is 13.1 Å². The van der Waals surface area contributed by atoms with Gasteiger partial charge in [-0.15, -0.1) is 13.2 Å². The van der Waals surface area contributed by atoms with E-state index in [2.05, 4.69) is 13.2 Å². The van der Waals surface area contributed by atoms with Crippen LogP contribution in [0.4, 0.5) is 0 Å². The second-order valence-corrected chi connectivity index (χ2v) is 8.99. The van der Waals surface area contributed by atoms with Gasteiger partial charge in [0.15, 0.2) is 6.61 Å². The van der Waals surface area contributed by atoms with Gasteiger partial charge in [0.05, 0.1) is 22.7 Å². The van der Waals surface area contributed by atoms with Crippen LogP contribution in [0.1, 0.15) is 24.2 Å². The van der Waals surface area contributed by atoms with Crippen LogP contribution in [0, 0.1) is 0 Å². The first-order valence-electron chi connectivity index (χ1n) is 9.61. The summed E-state index contributed by atoms with van der Waals surface area (Å²) in [5.41, 5.74) is 0.157. The molecule has 0 aliphatic carbocycles. The lowest BCUT2D eigenvalue weighted by Gasteiger charge is -2.34. The van der Waals surface area contributed by atoms with E-state index in [1.165, 1.54) is 33.5 Å². The van der Waals surface area contributed by atoms with Gasteiger partial charge in [-0.2, -0.15) is 4.31 Å². The summed E-state index contributed by atoms with van der Waals surface area (Å²) in [5, 5.41) is 0. The summed E-state index contributed by atoms with van der Waals surface area (Å²) in [6.45, 7) is 11.5. The number of ether oxygens (including phenoxy) is 2. The molecule has 1 amide bonds. The number of morpholine rings is 1. The Morgan fingerprint density at radius 2 is 1.67 bits per heavy atom. The van der Waals surface area contributed by atoms with Gasteiger partial charge in [0.2, 0.25) is 10.0 Å². The van der Waals surface area contributed by atoms with Crippen LogP contribution in [0.3, 0.4) is 0 Å². The average Bonchev–Trinajstić information content (AvgIpc) is 2.71. The minimum Gasteiger partial charge on any atom is -0.452 e. The minimum atomic E-state index is -3.70. The fourth-order valence-electron chi connectivity index (χ4n) is 3.13. The van der Waals surface area contributed by atoms with Crippen LogP contribution in [0.15, 0.2) is 54.5 Å². The molecular weight excluding hydrogens is 408 g/mol. The van der Waals surface area contributed by atoms with E-state index >= 15 is 0 Å². The maximum absolute atomic E-state index is 12.9. The number of amides is 1. The van der Waals surface area contributed by atoms with Gasteiger partial charge < -0.3 is 14.4 Å². The standard InChI is InChI=1S/C21H28N2O6S/c1-5-11-22(12-6-2)20(24)15-28-21(25)18-7-9-19(10-8-18)30(26,27)23-13-16(3)29-17(4)14-23/h5-10,16-17H,1-2,11-15H2,3-4H3. The molecule has 0 aromatic heterocycles. The summed E-state index contributed by atoms with van der Waals surface area (Å²) in [7, 11) is -3.70. The van der Waals surface area contributed by atoms with Crippen molar-refractivity contribution in [1.82, 2.24) is 9.21 Å². The van der Waals surface area contributed by atoms with Crippen molar-refractivity contribution in [3.05, 3.63) is 55.1 Å². The number of nitrogens with zero attached hydrogens (tertiary/aromatic N) is 2. The number of sulfonamides is 1. The van der Waals surface area contributed by atoms with Crippen molar-refractivity contribution in [3.8, 4) is 0 Å². The number of rotatable bonds is 9. The summed E-state index contributed by atoms with van der Waals surface area (Å²) in [4.78, 5) is 25.9. The molecule has 9 heteroatoms. The molecule has 1 fully saturated rings. The lowest BCUT2D eigenvalue weighted by Crippen LogP contribution is -2.48. The highest BCUT2D eigenvalue weighted by Gasteiger charge is 2.32. The Kier molecular flexibility index (Phi) is 8.33. The molecular formula is C21H28N2O6S. The van der Waals surface area contributed by atoms with Gasteiger partial charge in [0, 0.05) is 26.2 Å². The van der Waals surface area contributed by atoms with Crippen LogP contribution in [0.25, 0.3) is 0 Å². The summed E-state index contributed by atoms with van der Waals surface area (Å²) in [6.07, 6.45) is 2.74. The molecule has 0 radical (unpaired) electrons. The summed E-state index contributed by atoms with van der Waals surface area (Å²) in [5.74, 6) is -1.09. The van der Waals surface area contributed by atoms with Crippen LogP contribution >= 0.6 is 0 Å². The maximum atomic E-state index is 12.9. The number of carbonyl (C=O) groups excluding carboxylic acids is 2. The molecule has 2 rings (SSSR count). The van der Waals surface area contributed by atoms with Gasteiger partial charge >= 0.3 is 5.97 Å². The first-order valence-corrected chi connectivity index (χ1v) is 11.1.